The van der Waals surface area contributed by atoms with Crippen LogP contribution in [0, 0.1) is 0 Å². The number of para-hydroxylation sites is 1. The number of carbonyl (C=O) groups is 2. The molecule has 0 unspecified atom stereocenters. The molecule has 2 N–H and O–H groups in total. The number of carbonyl (C=O) groups excluding carboxylic acids is 2. The number of benzene rings is 2. The molecule has 3 aromatic rings. The molecule has 0 bridgehead atoms. The van der Waals surface area contributed by atoms with Crippen LogP contribution in [-0.4, -0.2) is 38.6 Å². The number of hydrazine groups is 1. The van der Waals surface area contributed by atoms with E-state index in [9.17, 15) is 9.59 Å². The van der Waals surface area contributed by atoms with Crippen LogP contribution in [0.3, 0.4) is 0 Å². The predicted octanol–water partition coefficient (Wildman–Crippen LogP) is 2.06. The SMILES string of the molecule is CSCC(=O)NNC(=O)c1nc(-c2ccccc2)n(-c2ccccc2)n1. The van der Waals surface area contributed by atoms with Gasteiger partial charge in [0.05, 0.1) is 11.4 Å². The van der Waals surface area contributed by atoms with E-state index in [0.29, 0.717) is 5.82 Å². The number of thioether (sulfide) groups is 1. The smallest absolute Gasteiger partial charge is 0.272 e. The second kappa shape index (κ2) is 8.30. The van der Waals surface area contributed by atoms with E-state index in [1.807, 2.05) is 60.7 Å². The highest BCUT2D eigenvalue weighted by molar-refractivity contribution is 7.99. The van der Waals surface area contributed by atoms with Gasteiger partial charge in [0.2, 0.25) is 11.7 Å². The molecule has 8 heteroatoms. The van der Waals surface area contributed by atoms with Crippen molar-refractivity contribution in [2.24, 2.45) is 0 Å². The Labute approximate surface area is 154 Å². The van der Waals surface area contributed by atoms with Gasteiger partial charge in [-0.15, -0.1) is 5.10 Å². The largest absolute Gasteiger partial charge is 0.309 e. The fourth-order valence-corrected chi connectivity index (χ4v) is 2.62. The summed E-state index contributed by atoms with van der Waals surface area (Å²) in [7, 11) is 0. The molecule has 0 spiro atoms. The van der Waals surface area contributed by atoms with Crippen LogP contribution in [0.15, 0.2) is 60.7 Å². The number of amides is 2. The zero-order chi connectivity index (χ0) is 18.4. The number of rotatable bonds is 5. The van der Waals surface area contributed by atoms with Gasteiger partial charge in [-0.3, -0.25) is 20.4 Å². The number of hydrogen-bond donors (Lipinski definition) is 2. The van der Waals surface area contributed by atoms with E-state index in [1.165, 1.54) is 11.8 Å². The van der Waals surface area contributed by atoms with Gasteiger partial charge in [-0.25, -0.2) is 9.67 Å². The van der Waals surface area contributed by atoms with Crippen molar-refractivity contribution >= 4 is 23.6 Å². The van der Waals surface area contributed by atoms with Crippen LogP contribution in [0.1, 0.15) is 10.6 Å². The number of aromatic nitrogens is 3. The molecule has 132 valence electrons. The van der Waals surface area contributed by atoms with E-state index in [-0.39, 0.29) is 17.5 Å². The molecule has 2 aromatic carbocycles. The van der Waals surface area contributed by atoms with Gasteiger partial charge in [-0.1, -0.05) is 48.5 Å². The maximum Gasteiger partial charge on any atom is 0.309 e. The van der Waals surface area contributed by atoms with Crippen LogP contribution >= 0.6 is 11.8 Å². The monoisotopic (exact) mass is 367 g/mol. The van der Waals surface area contributed by atoms with Crippen LogP contribution in [0.25, 0.3) is 17.1 Å². The van der Waals surface area contributed by atoms with Crippen LogP contribution < -0.4 is 10.9 Å². The fraction of sp³-hybridized carbons (Fsp3) is 0.111. The average Bonchev–Trinajstić information content (AvgIpc) is 3.13. The predicted molar refractivity (Wildman–Crippen MR) is 101 cm³/mol. The van der Waals surface area contributed by atoms with Crippen LogP contribution in [0.2, 0.25) is 0 Å². The highest BCUT2D eigenvalue weighted by Crippen LogP contribution is 2.20. The van der Waals surface area contributed by atoms with Crippen LogP contribution in [0.4, 0.5) is 0 Å². The second-order valence-corrected chi connectivity index (χ2v) is 6.17. The summed E-state index contributed by atoms with van der Waals surface area (Å²) in [6.07, 6.45) is 1.80. The Morgan fingerprint density at radius 3 is 2.31 bits per heavy atom. The Balaban J connectivity index is 1.92. The molecule has 0 saturated heterocycles. The number of nitrogens with zero attached hydrogens (tertiary/aromatic N) is 3. The lowest BCUT2D eigenvalue weighted by atomic mass is 10.2. The van der Waals surface area contributed by atoms with Gasteiger partial charge in [0.15, 0.2) is 5.82 Å². The van der Waals surface area contributed by atoms with E-state index >= 15 is 0 Å². The molecule has 0 aliphatic heterocycles. The van der Waals surface area contributed by atoms with Crippen molar-refractivity contribution in [1.82, 2.24) is 25.6 Å². The second-order valence-electron chi connectivity index (χ2n) is 5.31. The highest BCUT2D eigenvalue weighted by atomic mass is 32.2. The summed E-state index contributed by atoms with van der Waals surface area (Å²) in [5.41, 5.74) is 6.29. The lowest BCUT2D eigenvalue weighted by Crippen LogP contribution is -2.42. The zero-order valence-corrected chi connectivity index (χ0v) is 14.9. The molecule has 26 heavy (non-hydrogen) atoms. The van der Waals surface area contributed by atoms with Crippen molar-refractivity contribution in [3.8, 4) is 17.1 Å². The van der Waals surface area contributed by atoms with Gasteiger partial charge < -0.3 is 0 Å². The average molecular weight is 367 g/mol. The fourth-order valence-electron chi connectivity index (χ4n) is 2.28. The minimum atomic E-state index is -0.577. The summed E-state index contributed by atoms with van der Waals surface area (Å²) in [5.74, 6) is -0.112. The molecule has 3 rings (SSSR count). The molecule has 7 nitrogen and oxygen atoms in total. The molecular weight excluding hydrogens is 350 g/mol. The first-order valence-electron chi connectivity index (χ1n) is 7.85. The minimum absolute atomic E-state index is 0.0304. The lowest BCUT2D eigenvalue weighted by molar-refractivity contribution is -0.119. The van der Waals surface area contributed by atoms with Crippen LogP contribution in [-0.2, 0) is 4.79 Å². The summed E-state index contributed by atoms with van der Waals surface area (Å²) < 4.78 is 1.61. The Morgan fingerprint density at radius 1 is 1.00 bits per heavy atom. The zero-order valence-electron chi connectivity index (χ0n) is 14.0. The van der Waals surface area contributed by atoms with Crippen molar-refractivity contribution in [2.75, 3.05) is 12.0 Å². The van der Waals surface area contributed by atoms with Crippen molar-refractivity contribution in [2.45, 2.75) is 0 Å². The van der Waals surface area contributed by atoms with Gasteiger partial charge in [-0.2, -0.15) is 11.8 Å². The third-order valence-corrected chi connectivity index (χ3v) is 3.98. The van der Waals surface area contributed by atoms with Crippen molar-refractivity contribution < 1.29 is 9.59 Å². The standard InChI is InChI=1S/C18H17N5O2S/c1-26-12-15(24)20-21-18(25)16-19-17(13-8-4-2-5-9-13)23(22-16)14-10-6-3-7-11-14/h2-11H,12H2,1H3,(H,20,24)(H,21,25). The molecule has 0 aliphatic rings. The quantitative estimate of drug-likeness (QED) is 0.674. The number of hydrogen-bond acceptors (Lipinski definition) is 5. The molecule has 1 heterocycles. The normalized spacial score (nSPS) is 10.3. The topological polar surface area (TPSA) is 88.9 Å². The van der Waals surface area contributed by atoms with E-state index in [4.69, 9.17) is 0 Å². The summed E-state index contributed by atoms with van der Waals surface area (Å²) in [6, 6.07) is 18.9. The molecule has 1 aromatic heterocycles. The Kier molecular flexibility index (Phi) is 5.65. The van der Waals surface area contributed by atoms with Gasteiger partial charge in [-0.05, 0) is 18.4 Å². The third kappa shape index (κ3) is 4.09. The molecular formula is C18H17N5O2S. The lowest BCUT2D eigenvalue weighted by Gasteiger charge is -2.05. The Hall–Kier alpha value is -3.13. The van der Waals surface area contributed by atoms with Crippen molar-refractivity contribution in [3.05, 3.63) is 66.5 Å². The van der Waals surface area contributed by atoms with Crippen molar-refractivity contribution in [3.63, 3.8) is 0 Å². The molecule has 0 aliphatic carbocycles. The van der Waals surface area contributed by atoms with Gasteiger partial charge in [0.25, 0.3) is 0 Å². The maximum absolute atomic E-state index is 12.3. The first kappa shape index (κ1) is 17.7. The van der Waals surface area contributed by atoms with E-state index < -0.39 is 5.91 Å². The summed E-state index contributed by atoms with van der Waals surface area (Å²) >= 11 is 1.36. The van der Waals surface area contributed by atoms with E-state index in [1.54, 1.807) is 10.9 Å². The maximum atomic E-state index is 12.3. The van der Waals surface area contributed by atoms with Gasteiger partial charge >= 0.3 is 5.91 Å². The van der Waals surface area contributed by atoms with Crippen LogP contribution in [0.5, 0.6) is 0 Å². The minimum Gasteiger partial charge on any atom is -0.272 e. The molecule has 2 amide bonds. The first-order chi connectivity index (χ1) is 12.7. The highest BCUT2D eigenvalue weighted by Gasteiger charge is 2.19. The first-order valence-corrected chi connectivity index (χ1v) is 9.24. The molecule has 0 atom stereocenters. The third-order valence-electron chi connectivity index (χ3n) is 3.43. The van der Waals surface area contributed by atoms with E-state index in [0.717, 1.165) is 11.3 Å². The van der Waals surface area contributed by atoms with Gasteiger partial charge in [0.1, 0.15) is 0 Å². The molecule has 0 saturated carbocycles. The van der Waals surface area contributed by atoms with Gasteiger partial charge in [0, 0.05) is 5.56 Å². The van der Waals surface area contributed by atoms with Crippen molar-refractivity contribution in [1.29, 1.82) is 0 Å². The summed E-state index contributed by atoms with van der Waals surface area (Å²) in [4.78, 5) is 28.2. The summed E-state index contributed by atoms with van der Waals surface area (Å²) in [5, 5.41) is 4.32. The molecule has 0 fully saturated rings. The Bertz CT molecular complexity index is 839. The van der Waals surface area contributed by atoms with E-state index in [2.05, 4.69) is 20.9 Å². The number of nitrogens with one attached hydrogen (secondary N) is 2. The summed E-state index contributed by atoms with van der Waals surface area (Å²) in [6.45, 7) is 0. The molecule has 0 radical (unpaired) electrons. The Morgan fingerprint density at radius 2 is 1.65 bits per heavy atom.